The largest absolute Gasteiger partial charge is 0.457 e. The molecule has 0 radical (unpaired) electrons. The molecule has 0 aliphatic rings. The van der Waals surface area contributed by atoms with Crippen molar-refractivity contribution in [3.63, 3.8) is 0 Å². The molecule has 3 N–H and O–H groups in total. The summed E-state index contributed by atoms with van der Waals surface area (Å²) >= 11 is 0. The Morgan fingerprint density at radius 2 is 1.53 bits per heavy atom. The normalized spacial score (nSPS) is 11.9. The lowest BCUT2D eigenvalue weighted by molar-refractivity contribution is 0.100. The molecule has 0 aromatic heterocycles. The van der Waals surface area contributed by atoms with Crippen LogP contribution in [0, 0.1) is 0 Å². The van der Waals surface area contributed by atoms with Crippen molar-refractivity contribution in [2.24, 2.45) is 5.73 Å². The summed E-state index contributed by atoms with van der Waals surface area (Å²) in [7, 11) is 0. The summed E-state index contributed by atoms with van der Waals surface area (Å²) in [6, 6.07) is 13.8. The standard InChI is InChI=1S/C15H15NO3/c1-10(17)11-2-6-13(7-3-11)19-14-8-4-12(5-9-14)15(16)18/h2-10,17H,1H3,(H2,16,18)/t10-/m0/s1. The topological polar surface area (TPSA) is 72.6 Å². The van der Waals surface area contributed by atoms with Crippen LogP contribution >= 0.6 is 0 Å². The number of aliphatic hydroxyl groups is 1. The van der Waals surface area contributed by atoms with Crippen LogP contribution in [0.5, 0.6) is 11.5 Å². The van der Waals surface area contributed by atoms with Crippen LogP contribution < -0.4 is 10.5 Å². The van der Waals surface area contributed by atoms with E-state index in [0.29, 0.717) is 17.1 Å². The second kappa shape index (κ2) is 5.54. The first-order valence-electron chi connectivity index (χ1n) is 5.92. The van der Waals surface area contributed by atoms with Gasteiger partial charge in [-0.2, -0.15) is 0 Å². The molecular formula is C15H15NO3. The molecule has 0 heterocycles. The molecule has 2 aromatic carbocycles. The van der Waals surface area contributed by atoms with Crippen molar-refractivity contribution in [1.82, 2.24) is 0 Å². The van der Waals surface area contributed by atoms with Crippen LogP contribution in [0.2, 0.25) is 0 Å². The first-order chi connectivity index (χ1) is 9.06. The van der Waals surface area contributed by atoms with Crippen LogP contribution in [0.15, 0.2) is 48.5 Å². The molecule has 0 unspecified atom stereocenters. The summed E-state index contributed by atoms with van der Waals surface area (Å²) < 4.78 is 5.61. The summed E-state index contributed by atoms with van der Waals surface area (Å²) in [6.07, 6.45) is -0.496. The number of carbonyl (C=O) groups is 1. The van der Waals surface area contributed by atoms with E-state index in [2.05, 4.69) is 0 Å². The maximum absolute atomic E-state index is 10.9. The van der Waals surface area contributed by atoms with E-state index in [1.807, 2.05) is 0 Å². The SMILES string of the molecule is C[C@H](O)c1ccc(Oc2ccc(C(N)=O)cc2)cc1. The zero-order valence-electron chi connectivity index (χ0n) is 10.5. The molecule has 0 spiro atoms. The highest BCUT2D eigenvalue weighted by molar-refractivity contribution is 5.92. The zero-order chi connectivity index (χ0) is 13.8. The van der Waals surface area contributed by atoms with Gasteiger partial charge in [-0.15, -0.1) is 0 Å². The number of rotatable bonds is 4. The van der Waals surface area contributed by atoms with Crippen molar-refractivity contribution in [1.29, 1.82) is 0 Å². The van der Waals surface area contributed by atoms with E-state index in [9.17, 15) is 9.90 Å². The Kier molecular flexibility index (Phi) is 3.82. The number of primary amides is 1. The van der Waals surface area contributed by atoms with E-state index in [4.69, 9.17) is 10.5 Å². The van der Waals surface area contributed by atoms with E-state index in [1.165, 1.54) is 0 Å². The summed E-state index contributed by atoms with van der Waals surface area (Å²) in [5, 5.41) is 9.40. The van der Waals surface area contributed by atoms with E-state index in [0.717, 1.165) is 5.56 Å². The van der Waals surface area contributed by atoms with Gasteiger partial charge in [-0.05, 0) is 48.9 Å². The average Bonchev–Trinajstić information content (AvgIpc) is 2.40. The van der Waals surface area contributed by atoms with Crippen molar-refractivity contribution in [3.8, 4) is 11.5 Å². The molecule has 0 saturated heterocycles. The number of benzene rings is 2. The molecule has 1 amide bonds. The molecular weight excluding hydrogens is 242 g/mol. The minimum atomic E-state index is -0.496. The van der Waals surface area contributed by atoms with Crippen molar-refractivity contribution in [3.05, 3.63) is 59.7 Å². The predicted octanol–water partition coefficient (Wildman–Crippen LogP) is 2.63. The summed E-state index contributed by atoms with van der Waals surface area (Å²) in [5.41, 5.74) is 6.43. The highest BCUT2D eigenvalue weighted by atomic mass is 16.5. The number of hydrogen-bond donors (Lipinski definition) is 2. The van der Waals surface area contributed by atoms with Gasteiger partial charge in [0.15, 0.2) is 0 Å². The first kappa shape index (κ1) is 13.1. The number of ether oxygens (including phenoxy) is 1. The molecule has 19 heavy (non-hydrogen) atoms. The maximum atomic E-state index is 10.9. The molecule has 0 aliphatic heterocycles. The molecule has 0 fully saturated rings. The third-order valence-corrected chi connectivity index (χ3v) is 2.74. The van der Waals surface area contributed by atoms with Gasteiger partial charge in [0.25, 0.3) is 0 Å². The van der Waals surface area contributed by atoms with Crippen molar-refractivity contribution >= 4 is 5.91 Å². The summed E-state index contributed by atoms with van der Waals surface area (Å²) in [4.78, 5) is 10.9. The highest BCUT2D eigenvalue weighted by Gasteiger charge is 2.03. The fourth-order valence-corrected chi connectivity index (χ4v) is 1.64. The predicted molar refractivity (Wildman–Crippen MR) is 72.1 cm³/mol. The molecule has 98 valence electrons. The fourth-order valence-electron chi connectivity index (χ4n) is 1.64. The van der Waals surface area contributed by atoms with Crippen LogP contribution in [-0.4, -0.2) is 11.0 Å². The smallest absolute Gasteiger partial charge is 0.248 e. The average molecular weight is 257 g/mol. The van der Waals surface area contributed by atoms with Crippen LogP contribution in [0.3, 0.4) is 0 Å². The molecule has 4 nitrogen and oxygen atoms in total. The number of carbonyl (C=O) groups excluding carboxylic acids is 1. The van der Waals surface area contributed by atoms with Gasteiger partial charge in [0.2, 0.25) is 5.91 Å². The maximum Gasteiger partial charge on any atom is 0.248 e. The monoisotopic (exact) mass is 257 g/mol. The Bertz CT molecular complexity index is 559. The lowest BCUT2D eigenvalue weighted by Crippen LogP contribution is -2.10. The minimum absolute atomic E-state index is 0.441. The van der Waals surface area contributed by atoms with Gasteiger partial charge >= 0.3 is 0 Å². The third kappa shape index (κ3) is 3.33. The number of nitrogens with two attached hydrogens (primary N) is 1. The molecule has 2 aromatic rings. The minimum Gasteiger partial charge on any atom is -0.457 e. The van der Waals surface area contributed by atoms with Crippen LogP contribution in [0.25, 0.3) is 0 Å². The lowest BCUT2D eigenvalue weighted by Gasteiger charge is -2.08. The molecule has 4 heteroatoms. The fraction of sp³-hybridized carbons (Fsp3) is 0.133. The molecule has 2 rings (SSSR count). The number of hydrogen-bond acceptors (Lipinski definition) is 3. The number of amides is 1. The van der Waals surface area contributed by atoms with Crippen molar-refractivity contribution < 1.29 is 14.6 Å². The van der Waals surface area contributed by atoms with E-state index >= 15 is 0 Å². The highest BCUT2D eigenvalue weighted by Crippen LogP contribution is 2.23. The summed E-state index contributed by atoms with van der Waals surface area (Å²) in [6.45, 7) is 1.71. The van der Waals surface area contributed by atoms with Crippen molar-refractivity contribution in [2.75, 3.05) is 0 Å². The molecule has 1 atom stereocenters. The Balaban J connectivity index is 2.10. The van der Waals surface area contributed by atoms with Crippen molar-refractivity contribution in [2.45, 2.75) is 13.0 Å². The van der Waals surface area contributed by atoms with Gasteiger partial charge in [0.05, 0.1) is 6.10 Å². The van der Waals surface area contributed by atoms with Crippen LogP contribution in [-0.2, 0) is 0 Å². The van der Waals surface area contributed by atoms with Crippen LogP contribution in [0.4, 0.5) is 0 Å². The van der Waals surface area contributed by atoms with Gasteiger partial charge < -0.3 is 15.6 Å². The second-order valence-corrected chi connectivity index (χ2v) is 4.24. The Labute approximate surface area is 111 Å². The Hall–Kier alpha value is -2.33. The Morgan fingerprint density at radius 1 is 1.05 bits per heavy atom. The summed E-state index contributed by atoms with van der Waals surface area (Å²) in [5.74, 6) is 0.818. The molecule has 0 aliphatic carbocycles. The molecule has 0 saturated carbocycles. The van der Waals surface area contributed by atoms with Crippen LogP contribution in [0.1, 0.15) is 28.9 Å². The van der Waals surface area contributed by atoms with E-state index in [-0.39, 0.29) is 0 Å². The first-order valence-corrected chi connectivity index (χ1v) is 5.92. The zero-order valence-corrected chi connectivity index (χ0v) is 10.5. The second-order valence-electron chi connectivity index (χ2n) is 4.24. The van der Waals surface area contributed by atoms with Gasteiger partial charge in [-0.25, -0.2) is 0 Å². The van der Waals surface area contributed by atoms with Gasteiger partial charge in [-0.1, -0.05) is 12.1 Å². The third-order valence-electron chi connectivity index (χ3n) is 2.74. The van der Waals surface area contributed by atoms with E-state index in [1.54, 1.807) is 55.5 Å². The Morgan fingerprint density at radius 3 is 1.95 bits per heavy atom. The quantitative estimate of drug-likeness (QED) is 0.884. The lowest BCUT2D eigenvalue weighted by atomic mass is 10.1. The number of aliphatic hydroxyl groups excluding tert-OH is 1. The van der Waals surface area contributed by atoms with E-state index < -0.39 is 12.0 Å². The van der Waals surface area contributed by atoms with Gasteiger partial charge in [0, 0.05) is 5.56 Å². The van der Waals surface area contributed by atoms with Gasteiger partial charge in [0.1, 0.15) is 11.5 Å². The van der Waals surface area contributed by atoms with Gasteiger partial charge in [-0.3, -0.25) is 4.79 Å². The molecule has 0 bridgehead atoms.